The number of hydrogen-bond acceptors (Lipinski definition) is 5. The van der Waals surface area contributed by atoms with Gasteiger partial charge in [0.05, 0.1) is 7.11 Å². The first-order chi connectivity index (χ1) is 12.2. The van der Waals surface area contributed by atoms with Crippen LogP contribution in [-0.4, -0.2) is 32.8 Å². The number of nitrogens with one attached hydrogen (secondary N) is 2. The van der Waals surface area contributed by atoms with E-state index >= 15 is 0 Å². The Balaban J connectivity index is 1.40. The molecule has 0 saturated heterocycles. The second-order valence-electron chi connectivity index (χ2n) is 5.66. The molecule has 3 rings (SSSR count). The number of anilines is 1. The van der Waals surface area contributed by atoms with Gasteiger partial charge in [-0.1, -0.05) is 12.1 Å². The van der Waals surface area contributed by atoms with Gasteiger partial charge in [-0.3, -0.25) is 4.79 Å². The molecular weight excluding hydrogens is 320 g/mol. The van der Waals surface area contributed by atoms with Crippen LogP contribution in [0.25, 0.3) is 0 Å². The number of benzene rings is 2. The van der Waals surface area contributed by atoms with Crippen molar-refractivity contribution in [2.45, 2.75) is 13.0 Å². The smallest absolute Gasteiger partial charge is 0.222 e. The summed E-state index contributed by atoms with van der Waals surface area (Å²) >= 11 is 0. The lowest BCUT2D eigenvalue weighted by Gasteiger charge is -2.19. The summed E-state index contributed by atoms with van der Waals surface area (Å²) in [6.07, 6.45) is 0.393. The molecule has 25 heavy (non-hydrogen) atoms. The highest BCUT2D eigenvalue weighted by molar-refractivity contribution is 5.76. The zero-order valence-corrected chi connectivity index (χ0v) is 14.2. The van der Waals surface area contributed by atoms with Gasteiger partial charge in [-0.15, -0.1) is 0 Å². The van der Waals surface area contributed by atoms with Crippen LogP contribution in [0.2, 0.25) is 0 Å². The summed E-state index contributed by atoms with van der Waals surface area (Å²) in [6.45, 7) is 2.19. The summed E-state index contributed by atoms with van der Waals surface area (Å²) in [5, 5.41) is 6.13. The van der Waals surface area contributed by atoms with Crippen LogP contribution in [0.3, 0.4) is 0 Å². The Morgan fingerprint density at radius 2 is 1.84 bits per heavy atom. The van der Waals surface area contributed by atoms with E-state index in [0.717, 1.165) is 28.5 Å². The highest BCUT2D eigenvalue weighted by Crippen LogP contribution is 2.32. The molecule has 6 heteroatoms. The molecule has 0 fully saturated rings. The zero-order valence-electron chi connectivity index (χ0n) is 14.2. The molecular formula is C19H22N2O4. The molecule has 0 aliphatic carbocycles. The molecule has 0 saturated carbocycles. The third-order valence-corrected chi connectivity index (χ3v) is 3.87. The minimum atomic E-state index is 0.000798. The molecule has 1 amide bonds. The van der Waals surface area contributed by atoms with Gasteiger partial charge in [0, 0.05) is 31.3 Å². The molecule has 1 aliphatic heterocycles. The Hall–Kier alpha value is -2.89. The van der Waals surface area contributed by atoms with Gasteiger partial charge in [0.2, 0.25) is 5.91 Å². The molecule has 0 aromatic heterocycles. The SMILES string of the molecule is COc1ccc(CNC(=O)CCNc2ccc3c(c2)OCCO3)cc1. The fourth-order valence-electron chi connectivity index (χ4n) is 2.51. The fraction of sp³-hybridized carbons (Fsp3) is 0.316. The van der Waals surface area contributed by atoms with Crippen LogP contribution in [0.1, 0.15) is 12.0 Å². The van der Waals surface area contributed by atoms with Crippen molar-refractivity contribution in [3.05, 3.63) is 48.0 Å². The van der Waals surface area contributed by atoms with Crippen molar-refractivity contribution in [3.8, 4) is 17.2 Å². The van der Waals surface area contributed by atoms with Crippen LogP contribution in [0.15, 0.2) is 42.5 Å². The largest absolute Gasteiger partial charge is 0.497 e. The molecule has 2 aromatic carbocycles. The minimum absolute atomic E-state index is 0.000798. The minimum Gasteiger partial charge on any atom is -0.497 e. The second-order valence-corrected chi connectivity index (χ2v) is 5.66. The predicted octanol–water partition coefficient (Wildman–Crippen LogP) is 2.58. The van der Waals surface area contributed by atoms with E-state index in [1.807, 2.05) is 42.5 Å². The van der Waals surface area contributed by atoms with E-state index in [-0.39, 0.29) is 5.91 Å². The molecule has 1 heterocycles. The third kappa shape index (κ3) is 4.79. The molecule has 0 atom stereocenters. The van der Waals surface area contributed by atoms with E-state index < -0.39 is 0 Å². The lowest BCUT2D eigenvalue weighted by molar-refractivity contribution is -0.121. The van der Waals surface area contributed by atoms with Gasteiger partial charge in [0.15, 0.2) is 11.5 Å². The van der Waals surface area contributed by atoms with Crippen LogP contribution in [0.5, 0.6) is 17.2 Å². The first kappa shape index (κ1) is 17.0. The van der Waals surface area contributed by atoms with Gasteiger partial charge in [-0.2, -0.15) is 0 Å². The highest BCUT2D eigenvalue weighted by Gasteiger charge is 2.11. The molecule has 132 valence electrons. The quantitative estimate of drug-likeness (QED) is 0.809. The molecule has 2 N–H and O–H groups in total. The van der Waals surface area contributed by atoms with Crippen molar-refractivity contribution in [2.24, 2.45) is 0 Å². The first-order valence-electron chi connectivity index (χ1n) is 8.28. The van der Waals surface area contributed by atoms with Gasteiger partial charge in [0.1, 0.15) is 19.0 Å². The predicted molar refractivity (Wildman–Crippen MR) is 95.4 cm³/mol. The maximum absolute atomic E-state index is 11.9. The summed E-state index contributed by atoms with van der Waals surface area (Å²) in [5.41, 5.74) is 1.95. The number of carbonyl (C=O) groups excluding carboxylic acids is 1. The Bertz CT molecular complexity index is 716. The number of carbonyl (C=O) groups is 1. The fourth-order valence-corrected chi connectivity index (χ4v) is 2.51. The Morgan fingerprint density at radius 1 is 1.08 bits per heavy atom. The van der Waals surface area contributed by atoms with Crippen LogP contribution < -0.4 is 24.8 Å². The number of rotatable bonds is 7. The average Bonchev–Trinajstić information content (AvgIpc) is 2.66. The number of fused-ring (bicyclic) bond motifs is 1. The summed E-state index contributed by atoms with van der Waals surface area (Å²) in [4.78, 5) is 11.9. The van der Waals surface area contributed by atoms with Crippen molar-refractivity contribution in [3.63, 3.8) is 0 Å². The lowest BCUT2D eigenvalue weighted by atomic mass is 10.2. The molecule has 6 nitrogen and oxygen atoms in total. The average molecular weight is 342 g/mol. The van der Waals surface area contributed by atoms with Crippen LogP contribution in [0.4, 0.5) is 5.69 Å². The summed E-state index contributed by atoms with van der Waals surface area (Å²) in [5.74, 6) is 2.30. The Labute approximate surface area is 147 Å². The molecule has 0 unspecified atom stereocenters. The molecule has 0 radical (unpaired) electrons. The summed E-state index contributed by atoms with van der Waals surface area (Å²) in [6, 6.07) is 13.3. The van der Waals surface area contributed by atoms with E-state index in [0.29, 0.717) is 32.7 Å². The van der Waals surface area contributed by atoms with Gasteiger partial charge in [-0.05, 0) is 29.8 Å². The molecule has 0 spiro atoms. The normalized spacial score (nSPS) is 12.4. The molecule has 0 bridgehead atoms. The number of ether oxygens (including phenoxy) is 3. The topological polar surface area (TPSA) is 68.8 Å². The van der Waals surface area contributed by atoms with Crippen LogP contribution in [0, 0.1) is 0 Å². The van der Waals surface area contributed by atoms with Gasteiger partial charge >= 0.3 is 0 Å². The molecule has 1 aliphatic rings. The second kappa shape index (κ2) is 8.28. The van der Waals surface area contributed by atoms with Gasteiger partial charge in [-0.25, -0.2) is 0 Å². The standard InChI is InChI=1S/C19H22N2O4/c1-23-16-5-2-14(3-6-16)13-21-19(22)8-9-20-15-4-7-17-18(12-15)25-11-10-24-17/h2-7,12,20H,8-11,13H2,1H3,(H,21,22). The van der Waals surface area contributed by atoms with Crippen molar-refractivity contribution in [2.75, 3.05) is 32.2 Å². The third-order valence-electron chi connectivity index (χ3n) is 3.87. The summed E-state index contributed by atoms with van der Waals surface area (Å²) < 4.78 is 16.1. The zero-order chi connectivity index (χ0) is 17.5. The van der Waals surface area contributed by atoms with Gasteiger partial charge in [0.25, 0.3) is 0 Å². The van der Waals surface area contributed by atoms with E-state index in [1.54, 1.807) is 7.11 Å². The number of amides is 1. The van der Waals surface area contributed by atoms with Crippen molar-refractivity contribution < 1.29 is 19.0 Å². The van der Waals surface area contributed by atoms with Crippen molar-refractivity contribution in [1.82, 2.24) is 5.32 Å². The van der Waals surface area contributed by atoms with Gasteiger partial charge < -0.3 is 24.8 Å². The summed E-state index contributed by atoms with van der Waals surface area (Å²) in [7, 11) is 1.63. The monoisotopic (exact) mass is 342 g/mol. The first-order valence-corrected chi connectivity index (χ1v) is 8.28. The van der Waals surface area contributed by atoms with E-state index in [2.05, 4.69) is 10.6 Å². The van der Waals surface area contributed by atoms with Crippen molar-refractivity contribution >= 4 is 11.6 Å². The van der Waals surface area contributed by atoms with Crippen molar-refractivity contribution in [1.29, 1.82) is 0 Å². The van der Waals surface area contributed by atoms with E-state index in [4.69, 9.17) is 14.2 Å². The molecule has 2 aromatic rings. The highest BCUT2D eigenvalue weighted by atomic mass is 16.6. The van der Waals surface area contributed by atoms with Crippen LogP contribution >= 0.6 is 0 Å². The number of hydrogen-bond donors (Lipinski definition) is 2. The Morgan fingerprint density at radius 3 is 2.60 bits per heavy atom. The maximum Gasteiger partial charge on any atom is 0.222 e. The number of methoxy groups -OCH3 is 1. The van der Waals surface area contributed by atoms with E-state index in [9.17, 15) is 4.79 Å². The van der Waals surface area contributed by atoms with E-state index in [1.165, 1.54) is 0 Å². The maximum atomic E-state index is 11.9. The van der Waals surface area contributed by atoms with Crippen LogP contribution in [-0.2, 0) is 11.3 Å². The Kier molecular flexibility index (Phi) is 5.61. The lowest BCUT2D eigenvalue weighted by Crippen LogP contribution is -2.24.